The van der Waals surface area contributed by atoms with Crippen LogP contribution in [0.25, 0.3) is 4.96 Å². The van der Waals surface area contributed by atoms with E-state index in [4.69, 9.17) is 5.73 Å². The second-order valence-corrected chi connectivity index (χ2v) is 7.45. The van der Waals surface area contributed by atoms with Crippen LogP contribution in [-0.4, -0.2) is 35.9 Å². The maximum Gasteiger partial charge on any atom is 0.260 e. The van der Waals surface area contributed by atoms with E-state index in [2.05, 4.69) is 9.71 Å². The first-order valence-corrected chi connectivity index (χ1v) is 9.47. The highest BCUT2D eigenvalue weighted by Gasteiger charge is 2.26. The number of rotatable bonds is 6. The molecule has 1 atom stereocenters. The Morgan fingerprint density at radius 2 is 2.37 bits per heavy atom. The number of hydrogen-bond donors (Lipinski definition) is 2. The Morgan fingerprint density at radius 1 is 1.63 bits per heavy atom. The molecule has 0 aliphatic rings. The molecule has 2 heterocycles. The van der Waals surface area contributed by atoms with Crippen molar-refractivity contribution in [2.24, 2.45) is 0 Å². The van der Waals surface area contributed by atoms with Crippen molar-refractivity contribution in [3.63, 3.8) is 0 Å². The Morgan fingerprint density at radius 3 is 3.00 bits per heavy atom. The van der Waals surface area contributed by atoms with Crippen molar-refractivity contribution < 1.29 is 8.42 Å². The molecule has 19 heavy (non-hydrogen) atoms. The lowest BCUT2D eigenvalue weighted by Gasteiger charge is -2.15. The normalized spacial score (nSPS) is 14.0. The number of fused-ring (bicyclic) bond motifs is 1. The van der Waals surface area contributed by atoms with Crippen LogP contribution in [0, 0.1) is 0 Å². The smallest absolute Gasteiger partial charge is 0.260 e. The second kappa shape index (κ2) is 5.70. The summed E-state index contributed by atoms with van der Waals surface area (Å²) in [4.78, 5) is 4.63. The van der Waals surface area contributed by atoms with E-state index in [1.807, 2.05) is 13.2 Å². The van der Waals surface area contributed by atoms with Crippen molar-refractivity contribution in [3.05, 3.63) is 11.6 Å². The fraction of sp³-hybridized carbons (Fsp3) is 0.500. The number of imidazole rings is 1. The van der Waals surface area contributed by atoms with Crippen molar-refractivity contribution >= 4 is 43.9 Å². The SMILES string of the molecule is CCC(CSC)NS(=O)(=O)c1c(N)nc2sccn12. The minimum absolute atomic E-state index is 0.0308. The number of nitrogen functional groups attached to an aromatic ring is 1. The fourth-order valence-corrected chi connectivity index (χ4v) is 4.89. The largest absolute Gasteiger partial charge is 0.381 e. The number of thiazole rings is 1. The molecule has 0 spiro atoms. The molecule has 3 N–H and O–H groups in total. The summed E-state index contributed by atoms with van der Waals surface area (Å²) >= 11 is 2.95. The number of nitrogens with two attached hydrogens (primary N) is 1. The summed E-state index contributed by atoms with van der Waals surface area (Å²) in [6.07, 6.45) is 4.33. The van der Waals surface area contributed by atoms with Gasteiger partial charge < -0.3 is 5.73 Å². The first kappa shape index (κ1) is 14.6. The third-order valence-corrected chi connectivity index (χ3v) is 5.73. The molecule has 2 rings (SSSR count). The number of hydrogen-bond acceptors (Lipinski definition) is 6. The number of anilines is 1. The average molecular weight is 320 g/mol. The van der Waals surface area contributed by atoms with Crippen LogP contribution in [0.15, 0.2) is 16.6 Å². The minimum Gasteiger partial charge on any atom is -0.381 e. The molecule has 2 aromatic rings. The Bertz CT molecular complexity index is 661. The highest BCUT2D eigenvalue weighted by atomic mass is 32.2. The summed E-state index contributed by atoms with van der Waals surface area (Å²) in [5.74, 6) is 0.764. The van der Waals surface area contributed by atoms with Crippen LogP contribution in [0.4, 0.5) is 5.82 Å². The van der Waals surface area contributed by atoms with E-state index in [9.17, 15) is 8.42 Å². The summed E-state index contributed by atoms with van der Waals surface area (Å²) in [5, 5.41) is 1.81. The molecule has 1 unspecified atom stereocenters. The Kier molecular flexibility index (Phi) is 4.39. The van der Waals surface area contributed by atoms with Crippen LogP contribution in [0.5, 0.6) is 0 Å². The van der Waals surface area contributed by atoms with E-state index in [-0.39, 0.29) is 16.9 Å². The van der Waals surface area contributed by atoms with E-state index in [0.29, 0.717) is 4.96 Å². The van der Waals surface area contributed by atoms with Gasteiger partial charge in [-0.15, -0.1) is 11.3 Å². The van der Waals surface area contributed by atoms with Crippen LogP contribution in [0.2, 0.25) is 0 Å². The summed E-state index contributed by atoms with van der Waals surface area (Å²) in [5.41, 5.74) is 5.73. The highest BCUT2D eigenvalue weighted by Crippen LogP contribution is 2.23. The zero-order chi connectivity index (χ0) is 14.0. The van der Waals surface area contributed by atoms with Gasteiger partial charge in [-0.2, -0.15) is 11.8 Å². The first-order chi connectivity index (χ1) is 8.99. The number of nitrogens with one attached hydrogen (secondary N) is 1. The summed E-state index contributed by atoms with van der Waals surface area (Å²) in [6, 6.07) is -0.108. The predicted octanol–water partition coefficient (Wildman–Crippen LogP) is 1.40. The Hall–Kier alpha value is -0.770. The second-order valence-electron chi connectivity index (χ2n) is 4.04. The number of thioether (sulfide) groups is 1. The van der Waals surface area contributed by atoms with Crippen molar-refractivity contribution in [1.29, 1.82) is 0 Å². The molecule has 0 amide bonds. The van der Waals surface area contributed by atoms with E-state index in [1.54, 1.807) is 23.3 Å². The lowest BCUT2D eigenvalue weighted by molar-refractivity contribution is 0.554. The van der Waals surface area contributed by atoms with Gasteiger partial charge in [-0.3, -0.25) is 4.40 Å². The molecule has 0 bridgehead atoms. The van der Waals surface area contributed by atoms with Crippen LogP contribution in [-0.2, 0) is 10.0 Å². The maximum atomic E-state index is 12.4. The summed E-state index contributed by atoms with van der Waals surface area (Å²) in [7, 11) is -3.66. The van der Waals surface area contributed by atoms with Crippen LogP contribution < -0.4 is 10.5 Å². The molecule has 0 aliphatic heterocycles. The van der Waals surface area contributed by atoms with Gasteiger partial charge >= 0.3 is 0 Å². The molecule has 106 valence electrons. The average Bonchev–Trinajstić information content (AvgIpc) is 2.87. The van der Waals surface area contributed by atoms with Gasteiger partial charge in [0.05, 0.1) is 0 Å². The quantitative estimate of drug-likeness (QED) is 0.839. The van der Waals surface area contributed by atoms with Crippen LogP contribution in [0.1, 0.15) is 13.3 Å². The predicted molar refractivity (Wildman–Crippen MR) is 80.3 cm³/mol. The third kappa shape index (κ3) is 2.88. The molecule has 0 saturated carbocycles. The van der Waals surface area contributed by atoms with E-state index < -0.39 is 10.0 Å². The summed E-state index contributed by atoms with van der Waals surface area (Å²) < 4.78 is 29.0. The molecule has 0 radical (unpaired) electrons. The lowest BCUT2D eigenvalue weighted by Crippen LogP contribution is -2.36. The van der Waals surface area contributed by atoms with Gasteiger partial charge in [-0.05, 0) is 12.7 Å². The summed E-state index contributed by atoms with van der Waals surface area (Å²) in [6.45, 7) is 1.95. The Balaban J connectivity index is 2.38. The minimum atomic E-state index is -3.66. The number of nitrogens with zero attached hydrogens (tertiary/aromatic N) is 2. The number of sulfonamides is 1. The lowest BCUT2D eigenvalue weighted by atomic mass is 10.3. The molecular formula is C10H16N4O2S3. The van der Waals surface area contributed by atoms with Crippen molar-refractivity contribution in [3.8, 4) is 0 Å². The van der Waals surface area contributed by atoms with Gasteiger partial charge in [-0.25, -0.2) is 18.1 Å². The van der Waals surface area contributed by atoms with Gasteiger partial charge in [0.2, 0.25) is 0 Å². The van der Waals surface area contributed by atoms with Gasteiger partial charge in [0.1, 0.15) is 0 Å². The van der Waals surface area contributed by atoms with Crippen LogP contribution >= 0.6 is 23.1 Å². The molecule has 6 nitrogen and oxygen atoms in total. The van der Waals surface area contributed by atoms with Crippen molar-refractivity contribution in [1.82, 2.24) is 14.1 Å². The zero-order valence-electron chi connectivity index (χ0n) is 10.7. The van der Waals surface area contributed by atoms with Crippen LogP contribution in [0.3, 0.4) is 0 Å². The van der Waals surface area contributed by atoms with E-state index in [1.165, 1.54) is 15.7 Å². The topological polar surface area (TPSA) is 89.5 Å². The molecule has 9 heteroatoms. The van der Waals surface area contributed by atoms with Gasteiger partial charge in [0.25, 0.3) is 10.0 Å². The molecular weight excluding hydrogens is 304 g/mol. The van der Waals surface area contributed by atoms with Gasteiger partial charge in [0.15, 0.2) is 15.8 Å². The zero-order valence-corrected chi connectivity index (χ0v) is 13.1. The monoisotopic (exact) mass is 320 g/mol. The highest BCUT2D eigenvalue weighted by molar-refractivity contribution is 7.98. The molecule has 2 aromatic heterocycles. The molecule has 0 fully saturated rings. The first-order valence-electron chi connectivity index (χ1n) is 5.72. The molecule has 0 aromatic carbocycles. The molecule has 0 saturated heterocycles. The molecule has 0 aliphatic carbocycles. The maximum absolute atomic E-state index is 12.4. The van der Waals surface area contributed by atoms with Gasteiger partial charge in [-0.1, -0.05) is 6.92 Å². The third-order valence-electron chi connectivity index (χ3n) is 2.68. The fourth-order valence-electron chi connectivity index (χ4n) is 1.76. The standard InChI is InChI=1S/C10H16N4O2S3/c1-3-7(6-17-2)13-19(15,16)9-8(11)12-10-14(9)4-5-18-10/h4-5,7,13H,3,6,11H2,1-2H3. The van der Waals surface area contributed by atoms with Gasteiger partial charge in [0, 0.05) is 23.4 Å². The van der Waals surface area contributed by atoms with Crippen molar-refractivity contribution in [2.45, 2.75) is 24.4 Å². The number of aromatic nitrogens is 2. The van der Waals surface area contributed by atoms with E-state index >= 15 is 0 Å². The van der Waals surface area contributed by atoms with Crippen molar-refractivity contribution in [2.75, 3.05) is 17.7 Å². The van der Waals surface area contributed by atoms with E-state index in [0.717, 1.165) is 12.2 Å². The Labute approximate surface area is 120 Å².